The normalized spacial score (nSPS) is 22.3. The maximum absolute atomic E-state index is 6.22. The zero-order valence-electron chi connectivity index (χ0n) is 11.2. The second-order valence-electron chi connectivity index (χ2n) is 5.30. The van der Waals surface area contributed by atoms with Gasteiger partial charge in [-0.1, -0.05) is 11.6 Å². The Morgan fingerprint density at radius 1 is 1.50 bits per heavy atom. The van der Waals surface area contributed by atoms with E-state index in [0.29, 0.717) is 23.1 Å². The Balaban J connectivity index is 1.93. The van der Waals surface area contributed by atoms with Crippen molar-refractivity contribution in [1.29, 1.82) is 0 Å². The van der Waals surface area contributed by atoms with Gasteiger partial charge in [-0.3, -0.25) is 0 Å². The van der Waals surface area contributed by atoms with Crippen LogP contribution in [-0.2, 0) is 11.3 Å². The molecule has 0 bridgehead atoms. The number of benzene rings is 1. The second kappa shape index (κ2) is 5.03. The van der Waals surface area contributed by atoms with Gasteiger partial charge in [0.1, 0.15) is 0 Å². The number of tetrazole rings is 1. The summed E-state index contributed by atoms with van der Waals surface area (Å²) in [5.41, 5.74) is 6.88. The molecule has 0 aliphatic carbocycles. The molecule has 0 spiro atoms. The molecule has 7 heteroatoms. The van der Waals surface area contributed by atoms with Gasteiger partial charge in [0, 0.05) is 17.9 Å². The maximum Gasteiger partial charge on any atom is 0.183 e. The summed E-state index contributed by atoms with van der Waals surface area (Å²) < 4.78 is 7.52. The van der Waals surface area contributed by atoms with Crippen LogP contribution in [0.15, 0.2) is 18.2 Å². The molecule has 106 valence electrons. The highest BCUT2D eigenvalue weighted by Gasteiger charge is 2.32. The summed E-state index contributed by atoms with van der Waals surface area (Å²) in [5, 5.41) is 12.4. The number of hydrogen-bond acceptors (Lipinski definition) is 5. The van der Waals surface area contributed by atoms with Gasteiger partial charge in [0.15, 0.2) is 5.82 Å². The molecule has 1 fully saturated rings. The third kappa shape index (κ3) is 2.48. The lowest BCUT2D eigenvalue weighted by atomic mass is 10.0. The molecular formula is C13H16ClN5O. The number of hydrogen-bond donors (Lipinski definition) is 1. The van der Waals surface area contributed by atoms with E-state index in [1.807, 2.05) is 6.07 Å². The van der Waals surface area contributed by atoms with Gasteiger partial charge in [0.2, 0.25) is 0 Å². The standard InChI is InChI=1S/C13H16ClN5O/c1-13(5-2-6-20-13)8-19-12(16-17-18-19)10-4-3-9(15)7-11(10)14/h3-4,7H,2,5-6,8,15H2,1H3. The molecule has 0 amide bonds. The van der Waals surface area contributed by atoms with Crippen molar-refractivity contribution in [2.24, 2.45) is 0 Å². The molecule has 0 saturated carbocycles. The summed E-state index contributed by atoms with van der Waals surface area (Å²) in [7, 11) is 0. The van der Waals surface area contributed by atoms with Crippen LogP contribution < -0.4 is 5.73 Å². The van der Waals surface area contributed by atoms with Crippen molar-refractivity contribution in [2.45, 2.75) is 31.9 Å². The second-order valence-corrected chi connectivity index (χ2v) is 5.71. The van der Waals surface area contributed by atoms with Gasteiger partial charge in [-0.05, 0) is 48.4 Å². The summed E-state index contributed by atoms with van der Waals surface area (Å²) in [6.45, 7) is 3.47. The summed E-state index contributed by atoms with van der Waals surface area (Å²) in [6.07, 6.45) is 2.07. The fourth-order valence-electron chi connectivity index (χ4n) is 2.50. The van der Waals surface area contributed by atoms with Gasteiger partial charge < -0.3 is 10.5 Å². The van der Waals surface area contributed by atoms with Crippen LogP contribution >= 0.6 is 11.6 Å². The van der Waals surface area contributed by atoms with E-state index in [0.717, 1.165) is 25.0 Å². The Bertz CT molecular complexity index is 621. The lowest BCUT2D eigenvalue weighted by Crippen LogP contribution is -2.30. The smallest absolute Gasteiger partial charge is 0.183 e. The molecular weight excluding hydrogens is 278 g/mol. The van der Waals surface area contributed by atoms with E-state index < -0.39 is 0 Å². The van der Waals surface area contributed by atoms with Crippen LogP contribution in [0.1, 0.15) is 19.8 Å². The lowest BCUT2D eigenvalue weighted by Gasteiger charge is -2.23. The van der Waals surface area contributed by atoms with Crippen LogP contribution in [0.3, 0.4) is 0 Å². The fraction of sp³-hybridized carbons (Fsp3) is 0.462. The maximum atomic E-state index is 6.22. The first-order chi connectivity index (χ1) is 9.57. The fourth-order valence-corrected chi connectivity index (χ4v) is 2.77. The topological polar surface area (TPSA) is 78.9 Å². The summed E-state index contributed by atoms with van der Waals surface area (Å²) in [4.78, 5) is 0. The molecule has 2 heterocycles. The van der Waals surface area contributed by atoms with Crippen molar-refractivity contribution in [1.82, 2.24) is 20.2 Å². The average Bonchev–Trinajstić information content (AvgIpc) is 3.00. The van der Waals surface area contributed by atoms with Crippen LogP contribution in [0.4, 0.5) is 5.69 Å². The molecule has 20 heavy (non-hydrogen) atoms. The number of anilines is 1. The van der Waals surface area contributed by atoms with Gasteiger partial charge in [-0.15, -0.1) is 5.10 Å². The minimum atomic E-state index is -0.218. The number of ether oxygens (including phenoxy) is 1. The molecule has 1 aliphatic rings. The van der Waals surface area contributed by atoms with Crippen LogP contribution in [0.25, 0.3) is 11.4 Å². The predicted octanol–water partition coefficient (Wildman–Crippen LogP) is 2.14. The van der Waals surface area contributed by atoms with Gasteiger partial charge >= 0.3 is 0 Å². The molecule has 0 radical (unpaired) electrons. The van der Waals surface area contributed by atoms with Crippen molar-refractivity contribution in [2.75, 3.05) is 12.3 Å². The van der Waals surface area contributed by atoms with E-state index in [1.165, 1.54) is 0 Å². The third-order valence-corrected chi connectivity index (χ3v) is 3.86. The highest BCUT2D eigenvalue weighted by atomic mass is 35.5. The molecule has 2 aromatic rings. The minimum Gasteiger partial charge on any atom is -0.399 e. The molecule has 1 aromatic heterocycles. The van der Waals surface area contributed by atoms with Crippen LogP contribution in [0.5, 0.6) is 0 Å². The van der Waals surface area contributed by atoms with Crippen molar-refractivity contribution in [3.63, 3.8) is 0 Å². The highest BCUT2D eigenvalue weighted by molar-refractivity contribution is 6.33. The number of halogens is 1. The van der Waals surface area contributed by atoms with Crippen molar-refractivity contribution >= 4 is 17.3 Å². The Morgan fingerprint density at radius 2 is 2.35 bits per heavy atom. The number of nitrogens with two attached hydrogens (primary N) is 1. The SMILES string of the molecule is CC1(Cn2nnnc2-c2ccc(N)cc2Cl)CCCO1. The molecule has 1 aromatic carbocycles. The number of nitrogens with zero attached hydrogens (tertiary/aromatic N) is 4. The Kier molecular flexibility index (Phi) is 3.35. The van der Waals surface area contributed by atoms with Gasteiger partial charge in [0.25, 0.3) is 0 Å². The van der Waals surface area contributed by atoms with E-state index >= 15 is 0 Å². The molecule has 1 saturated heterocycles. The summed E-state index contributed by atoms with van der Waals surface area (Å²) in [5.74, 6) is 0.631. The number of rotatable bonds is 3. The zero-order valence-corrected chi connectivity index (χ0v) is 12.0. The number of nitrogen functional groups attached to an aromatic ring is 1. The van der Waals surface area contributed by atoms with Crippen LogP contribution in [0, 0.1) is 0 Å². The van der Waals surface area contributed by atoms with E-state index in [9.17, 15) is 0 Å². The lowest BCUT2D eigenvalue weighted by molar-refractivity contribution is 0.00355. The minimum absolute atomic E-state index is 0.218. The molecule has 3 rings (SSSR count). The first-order valence-corrected chi connectivity index (χ1v) is 6.91. The molecule has 1 atom stereocenters. The van der Waals surface area contributed by atoms with Gasteiger partial charge in [-0.25, -0.2) is 4.68 Å². The average molecular weight is 294 g/mol. The predicted molar refractivity (Wildman–Crippen MR) is 76.3 cm³/mol. The Morgan fingerprint density at radius 3 is 3.05 bits per heavy atom. The van der Waals surface area contributed by atoms with E-state index in [1.54, 1.807) is 16.8 Å². The van der Waals surface area contributed by atoms with Crippen LogP contribution in [0.2, 0.25) is 5.02 Å². The zero-order chi connectivity index (χ0) is 14.2. The van der Waals surface area contributed by atoms with Gasteiger partial charge in [-0.2, -0.15) is 0 Å². The quantitative estimate of drug-likeness (QED) is 0.877. The first kappa shape index (κ1) is 13.3. The third-order valence-electron chi connectivity index (χ3n) is 3.55. The Hall–Kier alpha value is -1.66. The van der Waals surface area contributed by atoms with E-state index in [2.05, 4.69) is 22.4 Å². The van der Waals surface area contributed by atoms with E-state index in [4.69, 9.17) is 22.1 Å². The molecule has 1 unspecified atom stereocenters. The van der Waals surface area contributed by atoms with Crippen molar-refractivity contribution in [3.8, 4) is 11.4 Å². The highest BCUT2D eigenvalue weighted by Crippen LogP contribution is 2.31. The van der Waals surface area contributed by atoms with Crippen molar-refractivity contribution in [3.05, 3.63) is 23.2 Å². The Labute approximate surface area is 121 Å². The monoisotopic (exact) mass is 293 g/mol. The molecule has 2 N–H and O–H groups in total. The molecule has 6 nitrogen and oxygen atoms in total. The summed E-state index contributed by atoms with van der Waals surface area (Å²) in [6, 6.07) is 5.31. The number of aromatic nitrogens is 4. The van der Waals surface area contributed by atoms with E-state index in [-0.39, 0.29) is 5.60 Å². The summed E-state index contributed by atoms with van der Waals surface area (Å²) >= 11 is 6.22. The van der Waals surface area contributed by atoms with Crippen molar-refractivity contribution < 1.29 is 4.74 Å². The molecule has 1 aliphatic heterocycles. The first-order valence-electron chi connectivity index (χ1n) is 6.53. The van der Waals surface area contributed by atoms with Gasteiger partial charge in [0.05, 0.1) is 17.2 Å². The van der Waals surface area contributed by atoms with Crippen LogP contribution in [-0.4, -0.2) is 32.4 Å². The largest absolute Gasteiger partial charge is 0.399 e.